The number of nitrogens with zero attached hydrogens (tertiary/aromatic N) is 3. The van der Waals surface area contributed by atoms with Crippen LogP contribution in [0.3, 0.4) is 0 Å². The van der Waals surface area contributed by atoms with E-state index >= 15 is 0 Å². The van der Waals surface area contributed by atoms with Gasteiger partial charge >= 0.3 is 5.97 Å². The van der Waals surface area contributed by atoms with Gasteiger partial charge in [0.25, 0.3) is 0 Å². The van der Waals surface area contributed by atoms with E-state index in [9.17, 15) is 4.79 Å². The van der Waals surface area contributed by atoms with E-state index in [1.807, 2.05) is 6.92 Å². The van der Waals surface area contributed by atoms with Gasteiger partial charge in [0.15, 0.2) is 5.16 Å². The Morgan fingerprint density at radius 2 is 1.89 bits per heavy atom. The average Bonchev–Trinajstić information content (AvgIpc) is 2.31. The van der Waals surface area contributed by atoms with E-state index in [1.165, 1.54) is 23.9 Å². The Hall–Kier alpha value is -1.95. The largest absolute Gasteiger partial charge is 0.478 e. The van der Waals surface area contributed by atoms with E-state index in [0.29, 0.717) is 15.9 Å². The molecule has 0 aromatic carbocycles. The highest BCUT2D eigenvalue weighted by Crippen LogP contribution is 2.23. The molecule has 5 nitrogen and oxygen atoms in total. The number of carbonyl (C=O) groups is 1. The zero-order chi connectivity index (χ0) is 13.1. The zero-order valence-electron chi connectivity index (χ0n) is 9.91. The summed E-state index contributed by atoms with van der Waals surface area (Å²) < 4.78 is 0. The average molecular weight is 261 g/mol. The molecule has 0 spiro atoms. The van der Waals surface area contributed by atoms with Crippen LogP contribution in [-0.2, 0) is 0 Å². The van der Waals surface area contributed by atoms with Gasteiger partial charge in [-0.15, -0.1) is 0 Å². The third kappa shape index (κ3) is 3.04. The fourth-order valence-electron chi connectivity index (χ4n) is 1.34. The zero-order valence-corrected chi connectivity index (χ0v) is 10.7. The topological polar surface area (TPSA) is 76.0 Å². The standard InChI is InChI=1S/C12H11N3O2S/c1-7-5-13-12(14-6-7)18-10-4-9(11(16)17)3-8(2)15-10/h3-6H,1-2H3,(H,16,17). The van der Waals surface area contributed by atoms with Gasteiger partial charge in [0, 0.05) is 18.1 Å². The molecule has 0 aliphatic heterocycles. The predicted molar refractivity (Wildman–Crippen MR) is 66.8 cm³/mol. The van der Waals surface area contributed by atoms with Crippen LogP contribution in [0.15, 0.2) is 34.7 Å². The van der Waals surface area contributed by atoms with Gasteiger partial charge in [-0.3, -0.25) is 0 Å². The molecule has 92 valence electrons. The highest BCUT2D eigenvalue weighted by atomic mass is 32.2. The Labute approximate surface area is 108 Å². The molecular formula is C12H11N3O2S. The Balaban J connectivity index is 2.28. The quantitative estimate of drug-likeness (QED) is 0.855. The SMILES string of the molecule is Cc1cnc(Sc2cc(C(=O)O)cc(C)n2)nc1. The summed E-state index contributed by atoms with van der Waals surface area (Å²) in [6, 6.07) is 3.05. The summed E-state index contributed by atoms with van der Waals surface area (Å²) in [4.78, 5) is 23.5. The fraction of sp³-hybridized carbons (Fsp3) is 0.167. The van der Waals surface area contributed by atoms with Crippen LogP contribution in [-0.4, -0.2) is 26.0 Å². The maximum absolute atomic E-state index is 10.9. The van der Waals surface area contributed by atoms with Crippen molar-refractivity contribution in [2.45, 2.75) is 24.0 Å². The molecule has 6 heteroatoms. The first-order chi connectivity index (χ1) is 8.54. The second-order valence-corrected chi connectivity index (χ2v) is 4.77. The van der Waals surface area contributed by atoms with E-state index in [1.54, 1.807) is 19.3 Å². The van der Waals surface area contributed by atoms with Crippen molar-refractivity contribution in [3.8, 4) is 0 Å². The van der Waals surface area contributed by atoms with E-state index in [-0.39, 0.29) is 5.56 Å². The Bertz CT molecular complexity index is 584. The molecule has 2 heterocycles. The van der Waals surface area contributed by atoms with Crippen LogP contribution in [0.2, 0.25) is 0 Å². The highest BCUT2D eigenvalue weighted by molar-refractivity contribution is 7.99. The number of hydrogen-bond donors (Lipinski definition) is 1. The van der Waals surface area contributed by atoms with Gasteiger partial charge in [-0.1, -0.05) is 0 Å². The minimum absolute atomic E-state index is 0.220. The van der Waals surface area contributed by atoms with Crippen LogP contribution in [0.4, 0.5) is 0 Å². The lowest BCUT2D eigenvalue weighted by Crippen LogP contribution is -1.99. The van der Waals surface area contributed by atoms with Crippen LogP contribution in [0.1, 0.15) is 21.6 Å². The third-order valence-corrected chi connectivity index (χ3v) is 2.94. The lowest BCUT2D eigenvalue weighted by molar-refractivity contribution is 0.0696. The molecule has 0 bridgehead atoms. The summed E-state index contributed by atoms with van der Waals surface area (Å²) in [5, 5.41) is 10.1. The Kier molecular flexibility index (Phi) is 3.57. The van der Waals surface area contributed by atoms with E-state index in [0.717, 1.165) is 5.56 Å². The fourth-order valence-corrected chi connectivity index (χ4v) is 2.11. The molecular weight excluding hydrogens is 250 g/mol. The van der Waals surface area contributed by atoms with Crippen molar-refractivity contribution < 1.29 is 9.90 Å². The summed E-state index contributed by atoms with van der Waals surface area (Å²) in [6.07, 6.45) is 3.42. The van der Waals surface area contributed by atoms with Crippen molar-refractivity contribution in [3.63, 3.8) is 0 Å². The molecule has 1 N–H and O–H groups in total. The number of carboxylic acid groups (broad SMARTS) is 1. The number of hydrogen-bond acceptors (Lipinski definition) is 5. The summed E-state index contributed by atoms with van der Waals surface area (Å²) >= 11 is 1.25. The monoisotopic (exact) mass is 261 g/mol. The maximum Gasteiger partial charge on any atom is 0.335 e. The molecule has 0 fully saturated rings. The van der Waals surface area contributed by atoms with Gasteiger partial charge in [0.2, 0.25) is 0 Å². The van der Waals surface area contributed by atoms with Gasteiger partial charge in [-0.2, -0.15) is 0 Å². The van der Waals surface area contributed by atoms with Crippen LogP contribution in [0, 0.1) is 13.8 Å². The lowest BCUT2D eigenvalue weighted by Gasteiger charge is -2.03. The normalized spacial score (nSPS) is 10.3. The number of aromatic nitrogens is 3. The molecule has 0 atom stereocenters. The van der Waals surface area contributed by atoms with Gasteiger partial charge < -0.3 is 5.11 Å². The first-order valence-corrected chi connectivity index (χ1v) is 6.05. The first kappa shape index (κ1) is 12.5. The number of carboxylic acids is 1. The maximum atomic E-state index is 10.9. The van der Waals surface area contributed by atoms with E-state index in [2.05, 4.69) is 15.0 Å². The summed E-state index contributed by atoms with van der Waals surface area (Å²) in [6.45, 7) is 3.66. The molecule has 0 radical (unpaired) electrons. The molecule has 0 aliphatic carbocycles. The molecule has 0 saturated heterocycles. The predicted octanol–water partition coefficient (Wildman–Crippen LogP) is 2.34. The van der Waals surface area contributed by atoms with Crippen molar-refractivity contribution in [2.24, 2.45) is 0 Å². The molecule has 0 aliphatic rings. The molecule has 0 saturated carbocycles. The second kappa shape index (κ2) is 5.14. The van der Waals surface area contributed by atoms with Crippen molar-refractivity contribution in [1.29, 1.82) is 0 Å². The highest BCUT2D eigenvalue weighted by Gasteiger charge is 2.08. The summed E-state index contributed by atoms with van der Waals surface area (Å²) in [7, 11) is 0. The third-order valence-electron chi connectivity index (χ3n) is 2.13. The second-order valence-electron chi connectivity index (χ2n) is 3.79. The first-order valence-electron chi connectivity index (χ1n) is 5.23. The smallest absolute Gasteiger partial charge is 0.335 e. The Morgan fingerprint density at radius 3 is 2.50 bits per heavy atom. The minimum Gasteiger partial charge on any atom is -0.478 e. The van der Waals surface area contributed by atoms with Crippen molar-refractivity contribution in [2.75, 3.05) is 0 Å². The van der Waals surface area contributed by atoms with Crippen molar-refractivity contribution in [3.05, 3.63) is 41.3 Å². The van der Waals surface area contributed by atoms with Crippen molar-refractivity contribution in [1.82, 2.24) is 15.0 Å². The summed E-state index contributed by atoms with van der Waals surface area (Å²) in [5.41, 5.74) is 1.85. The molecule has 18 heavy (non-hydrogen) atoms. The van der Waals surface area contributed by atoms with Crippen LogP contribution >= 0.6 is 11.8 Å². The Morgan fingerprint density at radius 1 is 1.22 bits per heavy atom. The van der Waals surface area contributed by atoms with Crippen molar-refractivity contribution >= 4 is 17.7 Å². The number of aryl methyl sites for hydroxylation is 2. The van der Waals surface area contributed by atoms with Gasteiger partial charge in [0.1, 0.15) is 5.03 Å². The molecule has 0 unspecified atom stereocenters. The lowest BCUT2D eigenvalue weighted by atomic mass is 10.2. The molecule has 2 aromatic heterocycles. The number of rotatable bonds is 3. The summed E-state index contributed by atoms with van der Waals surface area (Å²) in [5.74, 6) is -0.966. The van der Waals surface area contributed by atoms with E-state index < -0.39 is 5.97 Å². The minimum atomic E-state index is -0.966. The molecule has 2 rings (SSSR count). The van der Waals surface area contributed by atoms with Crippen LogP contribution in [0.5, 0.6) is 0 Å². The number of aromatic carboxylic acids is 1. The van der Waals surface area contributed by atoms with Crippen LogP contribution < -0.4 is 0 Å². The van der Waals surface area contributed by atoms with Gasteiger partial charge in [-0.25, -0.2) is 19.7 Å². The van der Waals surface area contributed by atoms with Gasteiger partial charge in [-0.05, 0) is 43.3 Å². The van der Waals surface area contributed by atoms with E-state index in [4.69, 9.17) is 5.11 Å². The molecule has 0 amide bonds. The van der Waals surface area contributed by atoms with Crippen LogP contribution in [0.25, 0.3) is 0 Å². The molecule has 2 aromatic rings. The van der Waals surface area contributed by atoms with Gasteiger partial charge in [0.05, 0.1) is 5.56 Å². The number of pyridine rings is 1.